The Kier molecular flexibility index (Phi) is 7.96. The molecule has 2 aliphatic carbocycles. The number of carbonyl (C=O) groups excluding carboxylic acids is 2. The summed E-state index contributed by atoms with van der Waals surface area (Å²) in [6, 6.07) is 14.4. The molecule has 0 spiro atoms. The van der Waals surface area contributed by atoms with E-state index in [1.165, 1.54) is 30.4 Å². The van der Waals surface area contributed by atoms with Gasteiger partial charge in [0.1, 0.15) is 12.4 Å². The lowest BCUT2D eigenvalue weighted by Gasteiger charge is -2.26. The van der Waals surface area contributed by atoms with Crippen LogP contribution in [0.4, 0.5) is 0 Å². The first-order valence-corrected chi connectivity index (χ1v) is 14.5. The topological polar surface area (TPSA) is 76.5 Å². The number of nitrogens with one attached hydrogen (secondary N) is 1. The van der Waals surface area contributed by atoms with Crippen LogP contribution in [0.1, 0.15) is 58.3 Å². The van der Waals surface area contributed by atoms with E-state index in [4.69, 9.17) is 4.74 Å². The number of rotatable bonds is 9. The molecule has 1 fully saturated rings. The summed E-state index contributed by atoms with van der Waals surface area (Å²) in [6.07, 6.45) is 13.8. The zero-order valence-electron chi connectivity index (χ0n) is 23.6. The molecule has 210 valence electrons. The highest BCUT2D eigenvalue weighted by molar-refractivity contribution is 6.04. The second kappa shape index (κ2) is 12.1. The van der Waals surface area contributed by atoms with Crippen molar-refractivity contribution in [2.45, 2.75) is 45.6 Å². The second-order valence-electron chi connectivity index (χ2n) is 11.2. The second-order valence-corrected chi connectivity index (χ2v) is 11.2. The maximum Gasteiger partial charge on any atom is 0.258 e. The highest BCUT2D eigenvalue weighted by atomic mass is 16.5. The third-order valence-electron chi connectivity index (χ3n) is 8.02. The Morgan fingerprint density at radius 3 is 2.71 bits per heavy atom. The van der Waals surface area contributed by atoms with Crippen molar-refractivity contribution >= 4 is 17.8 Å². The van der Waals surface area contributed by atoms with Crippen LogP contribution in [0.15, 0.2) is 83.9 Å². The summed E-state index contributed by atoms with van der Waals surface area (Å²) >= 11 is 0. The van der Waals surface area contributed by atoms with Gasteiger partial charge >= 0.3 is 0 Å². The average molecular weight is 549 g/mol. The molecule has 2 heterocycles. The Morgan fingerprint density at radius 1 is 1.05 bits per heavy atom. The number of nitrogens with zero attached hydrogens (tertiary/aromatic N) is 3. The number of Topliss-reactive ketones (excluding diaryl/α,β-unsaturated/α-hetero) is 1. The molecule has 41 heavy (non-hydrogen) atoms. The number of aromatic nitrogens is 2. The van der Waals surface area contributed by atoms with E-state index in [1.54, 1.807) is 29.2 Å². The summed E-state index contributed by atoms with van der Waals surface area (Å²) in [5.74, 6) is 0.676. The van der Waals surface area contributed by atoms with E-state index in [9.17, 15) is 9.59 Å². The smallest absolute Gasteiger partial charge is 0.258 e. The first-order valence-electron chi connectivity index (χ1n) is 14.5. The van der Waals surface area contributed by atoms with E-state index in [-0.39, 0.29) is 18.1 Å². The molecule has 1 aliphatic heterocycles. The summed E-state index contributed by atoms with van der Waals surface area (Å²) in [7, 11) is 0. The number of piperidine rings is 1. The lowest BCUT2D eigenvalue weighted by molar-refractivity contribution is -0.114. The largest absolute Gasteiger partial charge is 0.492 e. The number of hydrogen-bond donors (Lipinski definition) is 1. The molecule has 0 unspecified atom stereocenters. The van der Waals surface area contributed by atoms with Gasteiger partial charge in [0.15, 0.2) is 5.78 Å². The molecule has 1 saturated heterocycles. The minimum Gasteiger partial charge on any atom is -0.492 e. The molecule has 7 heteroatoms. The van der Waals surface area contributed by atoms with Crippen LogP contribution >= 0.6 is 0 Å². The quantitative estimate of drug-likeness (QED) is 0.395. The molecule has 1 N–H and O–H groups in total. The van der Waals surface area contributed by atoms with Crippen molar-refractivity contribution in [1.29, 1.82) is 0 Å². The Morgan fingerprint density at radius 2 is 1.88 bits per heavy atom. The van der Waals surface area contributed by atoms with Gasteiger partial charge in [-0.05, 0) is 79.7 Å². The summed E-state index contributed by atoms with van der Waals surface area (Å²) in [5.41, 5.74) is 7.33. The first-order chi connectivity index (χ1) is 20.0. The van der Waals surface area contributed by atoms with E-state index in [2.05, 4.69) is 64.7 Å². The monoisotopic (exact) mass is 548 g/mol. The lowest BCUT2D eigenvalue weighted by atomic mass is 9.93. The minimum absolute atomic E-state index is 0.0611. The van der Waals surface area contributed by atoms with E-state index in [0.717, 1.165) is 42.1 Å². The van der Waals surface area contributed by atoms with Gasteiger partial charge in [-0.2, -0.15) is 5.10 Å². The molecular formula is C34H36N4O3. The van der Waals surface area contributed by atoms with Crippen LogP contribution in [0.2, 0.25) is 0 Å². The molecule has 7 nitrogen and oxygen atoms in total. The molecule has 1 amide bonds. The Bertz CT molecular complexity index is 1540. The average Bonchev–Trinajstić information content (AvgIpc) is 3.63. The third-order valence-corrected chi connectivity index (χ3v) is 8.02. The molecule has 3 aliphatic rings. The third kappa shape index (κ3) is 6.57. The van der Waals surface area contributed by atoms with Gasteiger partial charge in [0.2, 0.25) is 0 Å². The molecule has 2 aromatic carbocycles. The summed E-state index contributed by atoms with van der Waals surface area (Å²) < 4.78 is 7.82. The number of aryl methyl sites for hydroxylation is 1. The molecule has 0 bridgehead atoms. The molecule has 0 saturated carbocycles. The SMILES string of the molecule is Cc1ccc(Cn2cc(C(=O)NC3=CCC(=O)C(C4=Cc5cc(OCCN6CCCCC6)ccc5C4)=C3)cn2)cc1. The minimum atomic E-state index is -0.244. The zero-order valence-corrected chi connectivity index (χ0v) is 23.6. The van der Waals surface area contributed by atoms with Crippen molar-refractivity contribution < 1.29 is 14.3 Å². The number of ether oxygens (including phenoxy) is 1. The molecular weight excluding hydrogens is 512 g/mol. The number of likely N-dealkylation sites (tertiary alicyclic amines) is 1. The molecule has 1 aromatic heterocycles. The number of carbonyl (C=O) groups is 2. The van der Waals surface area contributed by atoms with Crippen LogP contribution < -0.4 is 10.1 Å². The van der Waals surface area contributed by atoms with Crippen molar-refractivity contribution in [3.05, 3.63) is 112 Å². The fourth-order valence-electron chi connectivity index (χ4n) is 5.67. The van der Waals surface area contributed by atoms with Gasteiger partial charge in [-0.15, -0.1) is 0 Å². The highest BCUT2D eigenvalue weighted by Gasteiger charge is 2.24. The van der Waals surface area contributed by atoms with Gasteiger partial charge in [-0.3, -0.25) is 19.2 Å². The zero-order chi connectivity index (χ0) is 28.2. The number of allylic oxidation sites excluding steroid dienone is 4. The summed E-state index contributed by atoms with van der Waals surface area (Å²) in [5, 5.41) is 7.32. The van der Waals surface area contributed by atoms with E-state index in [1.807, 2.05) is 6.07 Å². The predicted molar refractivity (Wildman–Crippen MR) is 160 cm³/mol. The number of amides is 1. The maximum atomic E-state index is 13.0. The Balaban J connectivity index is 1.08. The van der Waals surface area contributed by atoms with Crippen LogP contribution in [-0.4, -0.2) is 52.6 Å². The standard InChI is InChI=1S/C34H36N4O3/c1-24-5-7-25(8-6-24)22-38-23-29(21-35-38)34(40)36-30-10-12-33(39)32(20-30)28-17-26-9-11-31(19-27(26)18-28)41-16-15-37-13-3-2-4-14-37/h5-11,18-21,23H,2-4,12-17,22H2,1H3,(H,36,40). The Hall–Kier alpha value is -4.23. The number of ketones is 1. The van der Waals surface area contributed by atoms with E-state index < -0.39 is 0 Å². The van der Waals surface area contributed by atoms with Crippen LogP contribution in [0.25, 0.3) is 6.08 Å². The van der Waals surface area contributed by atoms with Crippen molar-refractivity contribution in [1.82, 2.24) is 20.0 Å². The van der Waals surface area contributed by atoms with Gasteiger partial charge in [0.05, 0.1) is 18.3 Å². The van der Waals surface area contributed by atoms with E-state index >= 15 is 0 Å². The normalized spacial score (nSPS) is 17.0. The van der Waals surface area contributed by atoms with Crippen molar-refractivity contribution in [2.75, 3.05) is 26.2 Å². The van der Waals surface area contributed by atoms with E-state index in [0.29, 0.717) is 36.4 Å². The first kappa shape index (κ1) is 27.0. The Labute approximate surface area is 241 Å². The number of benzene rings is 2. The van der Waals surface area contributed by atoms with Gasteiger partial charge in [0.25, 0.3) is 5.91 Å². The van der Waals surface area contributed by atoms with Gasteiger partial charge in [-0.25, -0.2) is 0 Å². The predicted octanol–water partition coefficient (Wildman–Crippen LogP) is 5.26. The maximum absolute atomic E-state index is 13.0. The number of hydrogen-bond acceptors (Lipinski definition) is 5. The van der Waals surface area contributed by atoms with Gasteiger partial charge in [-0.1, -0.05) is 54.5 Å². The molecule has 6 rings (SSSR count). The fraction of sp³-hybridized carbons (Fsp3) is 0.324. The van der Waals surface area contributed by atoms with Gasteiger partial charge < -0.3 is 10.1 Å². The highest BCUT2D eigenvalue weighted by Crippen LogP contribution is 2.34. The molecule has 3 aromatic rings. The molecule has 0 atom stereocenters. The van der Waals surface area contributed by atoms with Crippen LogP contribution in [-0.2, 0) is 17.8 Å². The van der Waals surface area contributed by atoms with Crippen LogP contribution in [0.5, 0.6) is 5.75 Å². The van der Waals surface area contributed by atoms with Crippen molar-refractivity contribution in [3.8, 4) is 5.75 Å². The lowest BCUT2D eigenvalue weighted by Crippen LogP contribution is -2.33. The fourth-order valence-corrected chi connectivity index (χ4v) is 5.67. The van der Waals surface area contributed by atoms with Crippen molar-refractivity contribution in [3.63, 3.8) is 0 Å². The number of fused-ring (bicyclic) bond motifs is 1. The van der Waals surface area contributed by atoms with Crippen LogP contribution in [0, 0.1) is 6.92 Å². The summed E-state index contributed by atoms with van der Waals surface area (Å²) in [4.78, 5) is 28.3. The molecule has 0 radical (unpaired) electrons. The summed E-state index contributed by atoms with van der Waals surface area (Å²) in [6.45, 7) is 6.61. The van der Waals surface area contributed by atoms with Gasteiger partial charge in [0, 0.05) is 30.4 Å². The van der Waals surface area contributed by atoms with Crippen LogP contribution in [0.3, 0.4) is 0 Å². The van der Waals surface area contributed by atoms with Crippen molar-refractivity contribution in [2.24, 2.45) is 0 Å².